The molecule has 1 N–H and O–H groups in total. The zero-order chi connectivity index (χ0) is 13.1. The van der Waals surface area contributed by atoms with Crippen molar-refractivity contribution >= 4 is 17.0 Å². The Morgan fingerprint density at radius 3 is 2.84 bits per heavy atom. The Morgan fingerprint density at radius 2 is 2.11 bits per heavy atom. The number of nitrogens with zero attached hydrogens (tertiary/aromatic N) is 4. The molecular weight excluding hydrogens is 258 g/mol. The maximum absolute atomic E-state index is 4.43. The van der Waals surface area contributed by atoms with Crippen molar-refractivity contribution in [3.63, 3.8) is 0 Å². The molecule has 0 amide bonds. The summed E-state index contributed by atoms with van der Waals surface area (Å²) in [6, 6.07) is 8.12. The molecule has 2 heterocycles. The quantitative estimate of drug-likeness (QED) is 0.792. The number of hydrogen-bond acceptors (Lipinski definition) is 5. The van der Waals surface area contributed by atoms with Crippen molar-refractivity contribution in [1.29, 1.82) is 0 Å². The molecule has 0 atom stereocenters. The highest BCUT2D eigenvalue weighted by Crippen LogP contribution is 2.16. The second-order valence-corrected chi connectivity index (χ2v) is 5.10. The van der Waals surface area contributed by atoms with E-state index in [0.717, 1.165) is 28.6 Å². The van der Waals surface area contributed by atoms with Gasteiger partial charge >= 0.3 is 0 Å². The molecule has 1 aromatic carbocycles. The summed E-state index contributed by atoms with van der Waals surface area (Å²) < 4.78 is 1.87. The molecule has 0 saturated carbocycles. The van der Waals surface area contributed by atoms with E-state index >= 15 is 0 Å². The summed E-state index contributed by atoms with van der Waals surface area (Å²) in [6.45, 7) is 2.75. The van der Waals surface area contributed by atoms with E-state index in [9.17, 15) is 0 Å². The predicted molar refractivity (Wildman–Crippen MR) is 75.5 cm³/mol. The fourth-order valence-corrected chi connectivity index (χ4v) is 2.48. The number of rotatable bonds is 4. The highest BCUT2D eigenvalue weighted by Gasteiger charge is 2.01. The highest BCUT2D eigenvalue weighted by atomic mass is 32.1. The van der Waals surface area contributed by atoms with Crippen LogP contribution in [0, 0.1) is 6.92 Å². The lowest BCUT2D eigenvalue weighted by Gasteiger charge is -2.07. The zero-order valence-electron chi connectivity index (χ0n) is 10.4. The minimum absolute atomic E-state index is 0.740. The van der Waals surface area contributed by atoms with Crippen LogP contribution in [0.25, 0.3) is 5.69 Å². The highest BCUT2D eigenvalue weighted by molar-refractivity contribution is 7.09. The first-order chi connectivity index (χ1) is 9.31. The summed E-state index contributed by atoms with van der Waals surface area (Å²) in [5.41, 5.74) is 3.16. The largest absolute Gasteiger partial charge is 0.378 e. The maximum atomic E-state index is 4.43. The predicted octanol–water partition coefficient (Wildman–Crippen LogP) is 2.64. The monoisotopic (exact) mass is 271 g/mol. The van der Waals surface area contributed by atoms with Crippen LogP contribution in [-0.4, -0.2) is 19.7 Å². The molecule has 0 spiro atoms. The zero-order valence-corrected chi connectivity index (χ0v) is 11.3. The molecule has 3 rings (SSSR count). The van der Waals surface area contributed by atoms with Crippen LogP contribution in [0.5, 0.6) is 0 Å². The summed E-state index contributed by atoms with van der Waals surface area (Å²) in [5, 5.41) is 14.1. The lowest BCUT2D eigenvalue weighted by molar-refractivity contribution is 1.05. The molecule has 5 nitrogen and oxygen atoms in total. The summed E-state index contributed by atoms with van der Waals surface area (Å²) in [6.07, 6.45) is 3.37. The first kappa shape index (κ1) is 11.9. The average Bonchev–Trinajstić information content (AvgIpc) is 3.08. The van der Waals surface area contributed by atoms with Crippen LogP contribution in [0.15, 0.2) is 42.3 Å². The minimum atomic E-state index is 0.740. The van der Waals surface area contributed by atoms with Gasteiger partial charge in [0.05, 0.1) is 12.2 Å². The van der Waals surface area contributed by atoms with E-state index in [1.165, 1.54) is 0 Å². The fourth-order valence-electron chi connectivity index (χ4n) is 1.77. The minimum Gasteiger partial charge on any atom is -0.378 e. The number of benzene rings is 1. The number of aromatic nitrogens is 4. The molecule has 0 aliphatic rings. The number of thiazole rings is 1. The summed E-state index contributed by atoms with van der Waals surface area (Å²) >= 11 is 1.67. The normalized spacial score (nSPS) is 10.6. The van der Waals surface area contributed by atoms with Crippen LogP contribution in [0.1, 0.15) is 10.7 Å². The summed E-state index contributed by atoms with van der Waals surface area (Å²) in [7, 11) is 0. The van der Waals surface area contributed by atoms with E-state index < -0.39 is 0 Å². The second-order valence-electron chi connectivity index (χ2n) is 4.16. The van der Waals surface area contributed by atoms with Crippen LogP contribution in [0.2, 0.25) is 0 Å². The van der Waals surface area contributed by atoms with Gasteiger partial charge in [-0.25, -0.2) is 4.98 Å². The van der Waals surface area contributed by atoms with Gasteiger partial charge in [0.1, 0.15) is 17.7 Å². The van der Waals surface area contributed by atoms with E-state index in [4.69, 9.17) is 0 Å². The Hall–Kier alpha value is -2.21. The van der Waals surface area contributed by atoms with Crippen molar-refractivity contribution < 1.29 is 0 Å². The third-order valence-corrected chi connectivity index (χ3v) is 3.64. The first-order valence-corrected chi connectivity index (χ1v) is 6.79. The molecule has 6 heteroatoms. The van der Waals surface area contributed by atoms with E-state index in [1.54, 1.807) is 24.0 Å². The van der Waals surface area contributed by atoms with Gasteiger partial charge in [0.25, 0.3) is 0 Å². The third kappa shape index (κ3) is 2.79. The molecule has 0 aliphatic heterocycles. The van der Waals surface area contributed by atoms with Gasteiger partial charge in [-0.15, -0.1) is 21.5 Å². The van der Waals surface area contributed by atoms with Crippen LogP contribution in [0.3, 0.4) is 0 Å². The number of hydrogen-bond donors (Lipinski definition) is 1. The fraction of sp³-hybridized carbons (Fsp3) is 0.154. The van der Waals surface area contributed by atoms with E-state index in [0.29, 0.717) is 0 Å². The van der Waals surface area contributed by atoms with Gasteiger partial charge in [-0.1, -0.05) is 6.07 Å². The molecule has 19 heavy (non-hydrogen) atoms. The van der Waals surface area contributed by atoms with E-state index in [1.807, 2.05) is 29.7 Å². The van der Waals surface area contributed by atoms with Gasteiger partial charge in [-0.2, -0.15) is 0 Å². The van der Waals surface area contributed by atoms with E-state index in [2.05, 4.69) is 31.9 Å². The van der Waals surface area contributed by atoms with E-state index in [-0.39, 0.29) is 0 Å². The number of aryl methyl sites for hydroxylation is 1. The number of nitrogens with one attached hydrogen (secondary N) is 1. The Labute approximate surface area is 115 Å². The average molecular weight is 271 g/mol. The first-order valence-electron chi connectivity index (χ1n) is 5.91. The van der Waals surface area contributed by atoms with Crippen molar-refractivity contribution in [2.75, 3.05) is 5.32 Å². The molecule has 96 valence electrons. The van der Waals surface area contributed by atoms with Crippen LogP contribution < -0.4 is 5.32 Å². The summed E-state index contributed by atoms with van der Waals surface area (Å²) in [5.74, 6) is 0. The van der Waals surface area contributed by atoms with Crippen molar-refractivity contribution in [3.8, 4) is 5.69 Å². The van der Waals surface area contributed by atoms with Crippen molar-refractivity contribution in [2.24, 2.45) is 0 Å². The van der Waals surface area contributed by atoms with Crippen molar-refractivity contribution in [1.82, 2.24) is 19.7 Å². The van der Waals surface area contributed by atoms with Gasteiger partial charge in [0.2, 0.25) is 0 Å². The molecule has 0 bridgehead atoms. The van der Waals surface area contributed by atoms with Crippen LogP contribution in [0.4, 0.5) is 5.69 Å². The summed E-state index contributed by atoms with van der Waals surface area (Å²) in [4.78, 5) is 4.43. The SMILES string of the molecule is Cc1csc(CNc2cccc(-n3cnnc3)c2)n1. The molecule has 0 aliphatic carbocycles. The van der Waals surface area contributed by atoms with Gasteiger partial charge in [0, 0.05) is 16.8 Å². The number of anilines is 1. The second kappa shape index (κ2) is 5.19. The van der Waals surface area contributed by atoms with Gasteiger partial charge in [-0.3, -0.25) is 4.57 Å². The molecule has 2 aromatic heterocycles. The Kier molecular flexibility index (Phi) is 3.24. The maximum Gasteiger partial charge on any atom is 0.123 e. The third-order valence-electron chi connectivity index (χ3n) is 2.67. The molecule has 0 unspecified atom stereocenters. The Bertz CT molecular complexity index is 659. The van der Waals surface area contributed by atoms with Gasteiger partial charge in [-0.05, 0) is 25.1 Å². The van der Waals surface area contributed by atoms with Gasteiger partial charge in [0.15, 0.2) is 0 Å². The lowest BCUT2D eigenvalue weighted by Crippen LogP contribution is -2.00. The smallest absolute Gasteiger partial charge is 0.123 e. The van der Waals surface area contributed by atoms with Crippen molar-refractivity contribution in [3.05, 3.63) is 53.0 Å². The lowest BCUT2D eigenvalue weighted by atomic mass is 10.2. The molecule has 3 aromatic rings. The Morgan fingerprint density at radius 1 is 1.26 bits per heavy atom. The molecule has 0 fully saturated rings. The van der Waals surface area contributed by atoms with Gasteiger partial charge < -0.3 is 5.32 Å². The topological polar surface area (TPSA) is 55.6 Å². The van der Waals surface area contributed by atoms with Crippen LogP contribution in [-0.2, 0) is 6.54 Å². The standard InChI is InChI=1S/C13H13N5S/c1-10-7-19-13(17-10)6-14-11-3-2-4-12(5-11)18-8-15-16-9-18/h2-5,7-9,14H,6H2,1H3. The Balaban J connectivity index is 1.73. The molecular formula is C13H13N5S. The molecule has 0 radical (unpaired) electrons. The van der Waals surface area contributed by atoms with Crippen molar-refractivity contribution in [2.45, 2.75) is 13.5 Å². The molecule has 0 saturated heterocycles. The van der Waals surface area contributed by atoms with Crippen LogP contribution >= 0.6 is 11.3 Å².